The first-order valence-electron chi connectivity index (χ1n) is 10.8. The molecule has 3 atom stereocenters. The molecule has 0 saturated carbocycles. The molecular weight excluding hydrogens is 428 g/mol. The standard InChI is InChI=1S/C22H23ClN8O/c1-4-12-8-17-24-11-15-14(9-22(2,3)19(15)30(17)29-12)18-21(32-18)28-13-7-16(23)20(25-10-13)31-26-5-6-27-31/h5-8,10-11,14,18,21,28H,4,9H2,1-3H3/t14-,18?,21?/m1/s1. The lowest BCUT2D eigenvalue weighted by Gasteiger charge is -2.19. The van der Waals surface area contributed by atoms with Crippen LogP contribution >= 0.6 is 11.6 Å². The molecule has 1 aliphatic heterocycles. The monoisotopic (exact) mass is 450 g/mol. The summed E-state index contributed by atoms with van der Waals surface area (Å²) < 4.78 is 8.10. The van der Waals surface area contributed by atoms with Gasteiger partial charge in [0.15, 0.2) is 17.7 Å². The predicted octanol–water partition coefficient (Wildman–Crippen LogP) is 3.52. The fourth-order valence-electron chi connectivity index (χ4n) is 4.86. The van der Waals surface area contributed by atoms with Crippen molar-refractivity contribution in [3.05, 3.63) is 58.9 Å². The first kappa shape index (κ1) is 19.6. The second kappa shape index (κ2) is 6.98. The van der Waals surface area contributed by atoms with Crippen LogP contribution in [-0.2, 0) is 16.6 Å². The van der Waals surface area contributed by atoms with E-state index in [9.17, 15) is 0 Å². The van der Waals surface area contributed by atoms with Gasteiger partial charge in [-0.3, -0.25) is 0 Å². The highest BCUT2D eigenvalue weighted by Gasteiger charge is 2.52. The third kappa shape index (κ3) is 3.07. The molecule has 1 saturated heterocycles. The summed E-state index contributed by atoms with van der Waals surface area (Å²) in [7, 11) is 0. The average molecular weight is 451 g/mol. The summed E-state index contributed by atoms with van der Waals surface area (Å²) in [4.78, 5) is 10.5. The Morgan fingerprint density at radius 1 is 1.19 bits per heavy atom. The molecular formula is C22H23ClN8O. The van der Waals surface area contributed by atoms with Crippen molar-refractivity contribution in [1.29, 1.82) is 0 Å². The normalized spacial score (nSPS) is 23.4. The first-order valence-corrected chi connectivity index (χ1v) is 11.1. The summed E-state index contributed by atoms with van der Waals surface area (Å²) in [5.41, 5.74) is 5.21. The average Bonchev–Trinajstić information content (AvgIpc) is 3.12. The summed E-state index contributed by atoms with van der Waals surface area (Å²) >= 11 is 6.40. The molecule has 1 aliphatic carbocycles. The van der Waals surface area contributed by atoms with Gasteiger partial charge in [0.25, 0.3) is 0 Å². The molecule has 4 aromatic rings. The number of hydrogen-bond acceptors (Lipinski definition) is 7. The maximum atomic E-state index is 6.40. The van der Waals surface area contributed by atoms with Crippen molar-refractivity contribution in [2.75, 3.05) is 5.32 Å². The van der Waals surface area contributed by atoms with Crippen LogP contribution in [0.4, 0.5) is 5.69 Å². The van der Waals surface area contributed by atoms with Crippen molar-refractivity contribution in [2.24, 2.45) is 0 Å². The van der Waals surface area contributed by atoms with E-state index in [0.717, 1.165) is 29.9 Å². The molecule has 1 N–H and O–H groups in total. The van der Waals surface area contributed by atoms with Gasteiger partial charge in [-0.05, 0) is 24.5 Å². The van der Waals surface area contributed by atoms with Crippen molar-refractivity contribution in [2.45, 2.75) is 57.3 Å². The van der Waals surface area contributed by atoms with Gasteiger partial charge in [-0.15, -0.1) is 4.80 Å². The van der Waals surface area contributed by atoms with Crippen LogP contribution in [0.2, 0.25) is 5.02 Å². The van der Waals surface area contributed by atoms with Gasteiger partial charge in [0.1, 0.15) is 6.10 Å². The molecule has 10 heteroatoms. The molecule has 2 unspecified atom stereocenters. The van der Waals surface area contributed by atoms with Crippen LogP contribution in [0, 0.1) is 0 Å². The van der Waals surface area contributed by atoms with Crippen LogP contribution in [0.5, 0.6) is 0 Å². The van der Waals surface area contributed by atoms with Gasteiger partial charge >= 0.3 is 0 Å². The highest BCUT2D eigenvalue weighted by molar-refractivity contribution is 6.32. The number of rotatable bonds is 5. The van der Waals surface area contributed by atoms with E-state index >= 15 is 0 Å². The number of aromatic nitrogens is 7. The molecule has 5 heterocycles. The second-order valence-corrected chi connectivity index (χ2v) is 9.44. The summed E-state index contributed by atoms with van der Waals surface area (Å²) in [6.45, 7) is 6.66. The van der Waals surface area contributed by atoms with E-state index in [1.165, 1.54) is 16.1 Å². The van der Waals surface area contributed by atoms with E-state index in [4.69, 9.17) is 21.4 Å². The molecule has 0 spiro atoms. The molecule has 6 rings (SSSR count). The topological polar surface area (TPSA) is 98.3 Å². The lowest BCUT2D eigenvalue weighted by atomic mass is 9.88. The lowest BCUT2D eigenvalue weighted by Crippen LogP contribution is -2.18. The van der Waals surface area contributed by atoms with Crippen molar-refractivity contribution < 1.29 is 4.74 Å². The summed E-state index contributed by atoms with van der Waals surface area (Å²) in [6, 6.07) is 3.89. The Morgan fingerprint density at radius 3 is 2.75 bits per heavy atom. The van der Waals surface area contributed by atoms with Crippen LogP contribution in [-0.4, -0.2) is 46.9 Å². The van der Waals surface area contributed by atoms with E-state index in [2.05, 4.69) is 52.3 Å². The van der Waals surface area contributed by atoms with Crippen LogP contribution < -0.4 is 5.32 Å². The minimum absolute atomic E-state index is 0.0159. The molecule has 4 aromatic heterocycles. The van der Waals surface area contributed by atoms with E-state index in [-0.39, 0.29) is 23.7 Å². The minimum Gasteiger partial charge on any atom is -0.357 e. The van der Waals surface area contributed by atoms with Crippen LogP contribution in [0.3, 0.4) is 0 Å². The van der Waals surface area contributed by atoms with E-state index in [1.54, 1.807) is 18.6 Å². The van der Waals surface area contributed by atoms with E-state index < -0.39 is 0 Å². The fraction of sp³-hybridized carbons (Fsp3) is 0.409. The molecule has 0 bridgehead atoms. The highest BCUT2D eigenvalue weighted by Crippen LogP contribution is 2.51. The minimum atomic E-state index is -0.104. The van der Waals surface area contributed by atoms with Gasteiger partial charge < -0.3 is 10.1 Å². The number of aryl methyl sites for hydroxylation is 1. The fourth-order valence-corrected chi connectivity index (χ4v) is 5.10. The van der Waals surface area contributed by atoms with Crippen molar-refractivity contribution in [3.63, 3.8) is 0 Å². The van der Waals surface area contributed by atoms with Crippen molar-refractivity contribution >= 4 is 22.9 Å². The number of hydrogen-bond donors (Lipinski definition) is 1. The zero-order valence-electron chi connectivity index (χ0n) is 18.0. The number of nitrogens with zero attached hydrogens (tertiary/aromatic N) is 7. The van der Waals surface area contributed by atoms with E-state index in [1.807, 2.05) is 16.8 Å². The number of fused-ring (bicyclic) bond motifs is 3. The van der Waals surface area contributed by atoms with Crippen LogP contribution in [0.25, 0.3) is 11.5 Å². The predicted molar refractivity (Wildman–Crippen MR) is 119 cm³/mol. The molecule has 0 aromatic carbocycles. The maximum absolute atomic E-state index is 6.40. The van der Waals surface area contributed by atoms with Gasteiger partial charge in [0.05, 0.1) is 40.7 Å². The number of ether oxygens (including phenoxy) is 1. The zero-order chi connectivity index (χ0) is 22.0. The Labute approximate surface area is 189 Å². The smallest absolute Gasteiger partial charge is 0.193 e. The third-order valence-corrected chi connectivity index (χ3v) is 6.63. The van der Waals surface area contributed by atoms with Crippen LogP contribution in [0.1, 0.15) is 50.1 Å². The third-order valence-electron chi connectivity index (χ3n) is 6.36. The van der Waals surface area contributed by atoms with Gasteiger partial charge in [0, 0.05) is 23.6 Å². The molecule has 0 amide bonds. The molecule has 1 fully saturated rings. The lowest BCUT2D eigenvalue weighted by molar-refractivity contribution is 0.337. The molecule has 32 heavy (non-hydrogen) atoms. The van der Waals surface area contributed by atoms with Gasteiger partial charge in [-0.1, -0.05) is 32.4 Å². The van der Waals surface area contributed by atoms with Gasteiger partial charge in [-0.25, -0.2) is 14.5 Å². The maximum Gasteiger partial charge on any atom is 0.193 e. The molecule has 164 valence electrons. The summed E-state index contributed by atoms with van der Waals surface area (Å²) in [6.07, 6.45) is 8.73. The Kier molecular flexibility index (Phi) is 4.28. The summed E-state index contributed by atoms with van der Waals surface area (Å²) in [5.74, 6) is 0.738. The van der Waals surface area contributed by atoms with E-state index in [0.29, 0.717) is 10.8 Å². The van der Waals surface area contributed by atoms with Crippen molar-refractivity contribution in [1.82, 2.24) is 34.6 Å². The Hall–Kier alpha value is -3.04. The van der Waals surface area contributed by atoms with Gasteiger partial charge in [-0.2, -0.15) is 15.3 Å². The Bertz CT molecular complexity index is 1320. The quantitative estimate of drug-likeness (QED) is 0.464. The number of anilines is 1. The Morgan fingerprint density at radius 2 is 2.00 bits per heavy atom. The SMILES string of the molecule is CCc1cc2ncc3c(n2n1)C(C)(C)C[C@H]3C1OC1Nc1cnc(-n2nccn2)c(Cl)c1. The number of epoxide rings is 1. The number of pyridine rings is 1. The molecule has 9 nitrogen and oxygen atoms in total. The molecule has 2 aliphatic rings. The number of halogens is 1. The zero-order valence-corrected chi connectivity index (χ0v) is 18.8. The van der Waals surface area contributed by atoms with Crippen molar-refractivity contribution in [3.8, 4) is 5.82 Å². The van der Waals surface area contributed by atoms with Crippen LogP contribution in [0.15, 0.2) is 36.9 Å². The summed E-state index contributed by atoms with van der Waals surface area (Å²) in [5, 5.41) is 16.8. The highest BCUT2D eigenvalue weighted by atomic mass is 35.5. The second-order valence-electron chi connectivity index (χ2n) is 9.03. The molecule has 0 radical (unpaired) electrons. The number of nitrogens with one attached hydrogen (secondary N) is 1. The van der Waals surface area contributed by atoms with Gasteiger partial charge in [0.2, 0.25) is 0 Å². The first-order chi connectivity index (χ1) is 15.4. The Balaban J connectivity index is 1.24. The largest absolute Gasteiger partial charge is 0.357 e.